The molecule has 1 atom stereocenters. The molecule has 1 amide bonds. The number of amidine groups is 1. The van der Waals surface area contributed by atoms with Crippen molar-refractivity contribution in [1.29, 1.82) is 5.26 Å². The molecule has 1 fully saturated rings. The molecule has 0 saturated heterocycles. The van der Waals surface area contributed by atoms with Gasteiger partial charge >= 0.3 is 6.29 Å². The Balaban J connectivity index is 0.000000375. The first-order chi connectivity index (χ1) is 17.9. The van der Waals surface area contributed by atoms with Gasteiger partial charge in [-0.2, -0.15) is 10.3 Å². The Morgan fingerprint density at radius 2 is 1.89 bits per heavy atom. The Morgan fingerprint density at radius 1 is 1.18 bits per heavy atom. The first-order valence-electron chi connectivity index (χ1n) is 13.0. The van der Waals surface area contributed by atoms with Crippen LogP contribution in [0.25, 0.3) is 0 Å². The smallest absolute Gasteiger partial charge is 0.395 e. The molecule has 1 aromatic heterocycles. The van der Waals surface area contributed by atoms with E-state index in [0.29, 0.717) is 28.7 Å². The molecule has 0 spiro atoms. The van der Waals surface area contributed by atoms with Crippen molar-refractivity contribution < 1.29 is 23.0 Å². The van der Waals surface area contributed by atoms with Gasteiger partial charge in [0, 0.05) is 23.2 Å². The molecule has 1 aliphatic carbocycles. The number of hydrogen-bond acceptors (Lipinski definition) is 5. The molecule has 2 heterocycles. The van der Waals surface area contributed by atoms with E-state index in [1.54, 1.807) is 12.3 Å². The summed E-state index contributed by atoms with van der Waals surface area (Å²) in [6.45, 7) is 10.3. The summed E-state index contributed by atoms with van der Waals surface area (Å²) in [5, 5.41) is 8.41. The number of aryl methyl sites for hydroxylation is 1. The predicted octanol–water partition coefficient (Wildman–Crippen LogP) is 6.48. The van der Waals surface area contributed by atoms with Crippen LogP contribution in [0.5, 0.6) is 11.5 Å². The van der Waals surface area contributed by atoms with Crippen molar-refractivity contribution in [2.75, 3.05) is 0 Å². The van der Waals surface area contributed by atoms with E-state index in [2.05, 4.69) is 42.4 Å². The number of rotatable bonds is 8. The second-order valence-electron chi connectivity index (χ2n) is 10.7. The molecular formula is C29H36F2N4O3. The van der Waals surface area contributed by atoms with E-state index < -0.39 is 6.29 Å². The molecule has 1 unspecified atom stereocenters. The van der Waals surface area contributed by atoms with Crippen LogP contribution in [0.4, 0.5) is 8.78 Å². The third-order valence-corrected chi connectivity index (χ3v) is 6.41. The Labute approximate surface area is 223 Å². The minimum absolute atomic E-state index is 0.00519. The van der Waals surface area contributed by atoms with E-state index in [-0.39, 0.29) is 35.1 Å². The maximum Gasteiger partial charge on any atom is 0.586 e. The number of aliphatic imine (C=N–C) groups is 1. The van der Waals surface area contributed by atoms with Crippen LogP contribution in [-0.4, -0.2) is 23.0 Å². The largest absolute Gasteiger partial charge is 0.586 e. The van der Waals surface area contributed by atoms with Gasteiger partial charge in [-0.3, -0.25) is 4.79 Å². The fraction of sp³-hybridized carbons (Fsp3) is 0.517. The number of carbonyl (C=O) groups is 1. The first kappa shape index (κ1) is 29.0. The van der Waals surface area contributed by atoms with E-state index in [9.17, 15) is 13.6 Å². The van der Waals surface area contributed by atoms with E-state index >= 15 is 0 Å². The van der Waals surface area contributed by atoms with Crippen LogP contribution in [0.3, 0.4) is 0 Å². The maximum absolute atomic E-state index is 13.6. The van der Waals surface area contributed by atoms with Gasteiger partial charge in [0.15, 0.2) is 11.5 Å². The topological polar surface area (TPSA) is 111 Å². The van der Waals surface area contributed by atoms with Crippen LogP contribution in [0.1, 0.15) is 88.1 Å². The third-order valence-electron chi connectivity index (χ3n) is 6.41. The minimum Gasteiger partial charge on any atom is -0.395 e. The summed E-state index contributed by atoms with van der Waals surface area (Å²) in [6, 6.07) is 8.66. The van der Waals surface area contributed by atoms with Gasteiger partial charge in [0.2, 0.25) is 0 Å². The molecule has 1 aliphatic heterocycles. The number of amides is 1. The van der Waals surface area contributed by atoms with E-state index in [1.165, 1.54) is 6.07 Å². The lowest BCUT2D eigenvalue weighted by molar-refractivity contribution is -0.286. The summed E-state index contributed by atoms with van der Waals surface area (Å²) in [5.74, 6) is 0.539. The van der Waals surface area contributed by atoms with Crippen molar-refractivity contribution in [3.05, 3.63) is 52.8 Å². The normalized spacial score (nSPS) is 16.6. The molecule has 2 N–H and O–H groups in total. The summed E-state index contributed by atoms with van der Waals surface area (Å²) in [4.78, 5) is 20.9. The lowest BCUT2D eigenvalue weighted by Crippen LogP contribution is -2.26. The van der Waals surface area contributed by atoms with Gasteiger partial charge in [0.1, 0.15) is 17.6 Å². The average molecular weight is 527 g/mol. The van der Waals surface area contributed by atoms with E-state index in [4.69, 9.17) is 15.7 Å². The Hall–Kier alpha value is -3.54. The predicted molar refractivity (Wildman–Crippen MR) is 141 cm³/mol. The van der Waals surface area contributed by atoms with Gasteiger partial charge in [-0.1, -0.05) is 40.2 Å². The van der Waals surface area contributed by atoms with Gasteiger partial charge in [-0.25, -0.2) is 4.98 Å². The molecule has 7 nitrogen and oxygen atoms in total. The highest BCUT2D eigenvalue weighted by Crippen LogP contribution is 2.53. The molecule has 9 heteroatoms. The van der Waals surface area contributed by atoms with Crippen LogP contribution in [0, 0.1) is 36.0 Å². The quantitative estimate of drug-likeness (QED) is 0.311. The average Bonchev–Trinajstić information content (AvgIpc) is 3.62. The van der Waals surface area contributed by atoms with Gasteiger partial charge in [0.25, 0.3) is 5.91 Å². The van der Waals surface area contributed by atoms with Crippen LogP contribution < -0.4 is 15.2 Å². The monoisotopic (exact) mass is 526 g/mol. The number of halogens is 2. The summed E-state index contributed by atoms with van der Waals surface area (Å²) >= 11 is 0. The Kier molecular flexibility index (Phi) is 9.42. The second kappa shape index (κ2) is 12.3. The summed E-state index contributed by atoms with van der Waals surface area (Å²) in [7, 11) is 0. The number of alkyl halides is 2. The Morgan fingerprint density at radius 3 is 2.45 bits per heavy atom. The number of hydrogen-bond donors (Lipinski definition) is 1. The van der Waals surface area contributed by atoms with Crippen molar-refractivity contribution >= 4 is 11.7 Å². The molecule has 38 heavy (non-hydrogen) atoms. The van der Waals surface area contributed by atoms with Crippen molar-refractivity contribution in [2.24, 2.45) is 28.5 Å². The summed E-state index contributed by atoms with van der Waals surface area (Å²) in [5.41, 5.74) is 8.68. The van der Waals surface area contributed by atoms with E-state index in [1.807, 2.05) is 25.1 Å². The molecule has 4 rings (SSSR count). The zero-order valence-electron chi connectivity index (χ0n) is 22.6. The molecule has 1 saturated carbocycles. The molecule has 2 aliphatic rings. The van der Waals surface area contributed by atoms with Crippen molar-refractivity contribution in [2.45, 2.75) is 78.9 Å². The van der Waals surface area contributed by atoms with Crippen molar-refractivity contribution in [3.63, 3.8) is 0 Å². The zero-order chi connectivity index (χ0) is 28.0. The summed E-state index contributed by atoms with van der Waals surface area (Å²) in [6.07, 6.45) is 2.06. The molecule has 0 bridgehead atoms. The number of nitriles is 1. The van der Waals surface area contributed by atoms with Gasteiger partial charge in [0.05, 0.1) is 0 Å². The Bertz CT molecular complexity index is 1220. The summed E-state index contributed by atoms with van der Waals surface area (Å²) < 4.78 is 36.4. The lowest BCUT2D eigenvalue weighted by atomic mass is 9.90. The van der Waals surface area contributed by atoms with Gasteiger partial charge < -0.3 is 15.2 Å². The zero-order valence-corrected chi connectivity index (χ0v) is 22.6. The SMILES string of the molecule is CC(C)CCC(CC(C)C)C(=O)N=C(N)c1ccc2c(c1C1CC1)OC(F)(F)O2.Cc1cccnc1C#N. The lowest BCUT2D eigenvalue weighted by Gasteiger charge is -2.17. The van der Waals surface area contributed by atoms with Crippen LogP contribution in [0.15, 0.2) is 35.5 Å². The number of pyridine rings is 1. The van der Waals surface area contributed by atoms with Gasteiger partial charge in [-0.15, -0.1) is 8.78 Å². The number of ether oxygens (including phenoxy) is 2. The number of benzene rings is 1. The fourth-order valence-corrected chi connectivity index (χ4v) is 4.35. The standard InChI is InChI=1S/C22H30F2N2O3.C7H6N2/c1-12(2)5-6-15(11-13(3)4)21(27)26-20(25)16-9-10-17-19(18(16)14-7-8-14)29-22(23,24)28-17;1-6-3-2-4-9-7(6)5-8/h9-10,12-15H,5-8,11H2,1-4H3,(H2,25,26,27);2-4H,1H3. The number of fused-ring (bicyclic) bond motifs is 1. The molecule has 2 aromatic rings. The number of nitrogens with two attached hydrogens (primary N) is 1. The fourth-order valence-electron chi connectivity index (χ4n) is 4.35. The molecule has 204 valence electrons. The van der Waals surface area contributed by atoms with Gasteiger partial charge in [-0.05, 0) is 74.1 Å². The minimum atomic E-state index is -3.69. The highest BCUT2D eigenvalue weighted by Gasteiger charge is 2.47. The maximum atomic E-state index is 13.6. The van der Waals surface area contributed by atoms with Crippen molar-refractivity contribution in [3.8, 4) is 17.6 Å². The molecule has 1 aromatic carbocycles. The second-order valence-corrected chi connectivity index (χ2v) is 10.7. The first-order valence-corrected chi connectivity index (χ1v) is 13.0. The highest BCUT2D eigenvalue weighted by atomic mass is 19.3. The highest BCUT2D eigenvalue weighted by molar-refractivity contribution is 6.06. The molecule has 0 radical (unpaired) electrons. The number of nitrogens with zero attached hydrogens (tertiary/aromatic N) is 3. The van der Waals surface area contributed by atoms with Crippen molar-refractivity contribution in [1.82, 2.24) is 4.98 Å². The molecular weight excluding hydrogens is 490 g/mol. The number of aromatic nitrogens is 1. The van der Waals surface area contributed by atoms with Crippen LogP contribution in [-0.2, 0) is 4.79 Å². The third kappa shape index (κ3) is 7.73. The van der Waals surface area contributed by atoms with Crippen LogP contribution in [0.2, 0.25) is 0 Å². The number of carbonyl (C=O) groups excluding carboxylic acids is 1. The van der Waals surface area contributed by atoms with E-state index in [0.717, 1.165) is 37.7 Å². The van der Waals surface area contributed by atoms with Crippen LogP contribution >= 0.6 is 0 Å².